The second kappa shape index (κ2) is 3.04. The molecule has 2 fully saturated rings. The Morgan fingerprint density at radius 2 is 2.21 bits per heavy atom. The molecule has 14 heavy (non-hydrogen) atoms. The Morgan fingerprint density at radius 3 is 2.86 bits per heavy atom. The molecule has 2 nitrogen and oxygen atoms in total. The van der Waals surface area contributed by atoms with E-state index >= 15 is 0 Å². The number of halogens is 1. The Kier molecular flexibility index (Phi) is 1.82. The van der Waals surface area contributed by atoms with E-state index in [9.17, 15) is 4.39 Å². The summed E-state index contributed by atoms with van der Waals surface area (Å²) in [6.07, 6.45) is 1.19. The zero-order chi connectivity index (χ0) is 9.54. The summed E-state index contributed by atoms with van der Waals surface area (Å²) < 4.78 is 13.5. The topological polar surface area (TPSA) is 15.3 Å². The summed E-state index contributed by atoms with van der Waals surface area (Å²) in [5, 5.41) is 2.20. The Bertz CT molecular complexity index is 353. The molecule has 0 aliphatic carbocycles. The Hall–Kier alpha value is -0.930. The van der Waals surface area contributed by atoms with Gasteiger partial charge in [0.05, 0.1) is 6.04 Å². The number of nitrogens with one attached hydrogen (secondary N) is 1. The highest BCUT2D eigenvalue weighted by atomic mass is 19.1. The molecule has 0 aromatic heterocycles. The van der Waals surface area contributed by atoms with Crippen LogP contribution in [0.4, 0.5) is 4.39 Å². The third kappa shape index (κ3) is 1.16. The maximum absolute atomic E-state index is 13.5. The van der Waals surface area contributed by atoms with Gasteiger partial charge in [0, 0.05) is 18.7 Å². The second-order valence-electron chi connectivity index (χ2n) is 4.12. The minimum absolute atomic E-state index is 0.0845. The molecule has 1 aromatic carbocycles. The van der Waals surface area contributed by atoms with Gasteiger partial charge in [-0.2, -0.15) is 0 Å². The van der Waals surface area contributed by atoms with E-state index in [1.165, 1.54) is 6.42 Å². The van der Waals surface area contributed by atoms with E-state index in [2.05, 4.69) is 10.4 Å². The summed E-state index contributed by atoms with van der Waals surface area (Å²) in [6.45, 7) is 2.18. The number of rotatable bonds is 1. The van der Waals surface area contributed by atoms with E-state index in [1.54, 1.807) is 12.1 Å². The number of benzene rings is 1. The molecule has 2 bridgehead atoms. The lowest BCUT2D eigenvalue weighted by molar-refractivity contribution is 0.227. The summed E-state index contributed by atoms with van der Waals surface area (Å²) in [7, 11) is 0. The molecule has 3 atom stereocenters. The largest absolute Gasteiger partial charge is 0.247 e. The summed E-state index contributed by atoms with van der Waals surface area (Å²) in [5.74, 6) is 0.505. The third-order valence-electron chi connectivity index (χ3n) is 3.26. The molecule has 74 valence electrons. The molecule has 1 N–H and O–H groups in total. The number of nitrogens with zero attached hydrogens (tertiary/aromatic N) is 1. The molecule has 0 spiro atoms. The molecular weight excluding hydrogens is 179 g/mol. The van der Waals surface area contributed by atoms with E-state index < -0.39 is 0 Å². The van der Waals surface area contributed by atoms with Gasteiger partial charge in [-0.1, -0.05) is 18.2 Å². The van der Waals surface area contributed by atoms with Crippen molar-refractivity contribution in [3.63, 3.8) is 0 Å². The van der Waals surface area contributed by atoms with Gasteiger partial charge in [-0.25, -0.2) is 14.8 Å². The van der Waals surface area contributed by atoms with Gasteiger partial charge in [-0.3, -0.25) is 0 Å². The van der Waals surface area contributed by atoms with Gasteiger partial charge in [0.1, 0.15) is 5.82 Å². The summed E-state index contributed by atoms with van der Waals surface area (Å²) in [5.41, 5.74) is 4.16. The fraction of sp³-hybridized carbons (Fsp3) is 0.455. The number of hydrazine groups is 1. The molecule has 0 amide bonds. The minimum atomic E-state index is -0.0845. The highest BCUT2D eigenvalue weighted by Gasteiger charge is 2.39. The summed E-state index contributed by atoms with van der Waals surface area (Å²) in [4.78, 5) is 0. The standard InChI is InChI=1S/C11H13FN2/c12-10-4-2-1-3-9(10)11-8-5-6-14(7-8)13-11/h1-4,8,11,13H,5-7H2. The van der Waals surface area contributed by atoms with Crippen LogP contribution in [0.2, 0.25) is 0 Å². The van der Waals surface area contributed by atoms with Crippen molar-refractivity contribution in [3.05, 3.63) is 35.6 Å². The van der Waals surface area contributed by atoms with E-state index in [4.69, 9.17) is 0 Å². The number of fused-ring (bicyclic) bond motifs is 2. The first-order valence-electron chi connectivity index (χ1n) is 5.10. The van der Waals surface area contributed by atoms with Gasteiger partial charge < -0.3 is 0 Å². The van der Waals surface area contributed by atoms with Gasteiger partial charge >= 0.3 is 0 Å². The Balaban J connectivity index is 1.93. The van der Waals surface area contributed by atoms with Crippen molar-refractivity contribution in [1.29, 1.82) is 0 Å². The summed E-state index contributed by atoms with van der Waals surface area (Å²) >= 11 is 0. The van der Waals surface area contributed by atoms with Crippen molar-refractivity contribution in [2.45, 2.75) is 12.5 Å². The molecule has 1 aromatic rings. The van der Waals surface area contributed by atoms with Crippen LogP contribution in [0.3, 0.4) is 0 Å². The van der Waals surface area contributed by atoms with Crippen molar-refractivity contribution in [3.8, 4) is 0 Å². The molecule has 3 unspecified atom stereocenters. The van der Waals surface area contributed by atoms with Crippen molar-refractivity contribution >= 4 is 0 Å². The minimum Gasteiger partial charge on any atom is -0.247 e. The molecular formula is C11H13FN2. The van der Waals surface area contributed by atoms with E-state index in [0.717, 1.165) is 18.7 Å². The molecule has 0 saturated carbocycles. The van der Waals surface area contributed by atoms with Crippen molar-refractivity contribution in [1.82, 2.24) is 10.4 Å². The SMILES string of the molecule is Fc1ccccc1C1NN2CCC1C2. The van der Waals surface area contributed by atoms with Crippen LogP contribution in [0.1, 0.15) is 18.0 Å². The van der Waals surface area contributed by atoms with E-state index in [0.29, 0.717) is 5.92 Å². The fourth-order valence-electron chi connectivity index (χ4n) is 2.53. The fourth-order valence-corrected chi connectivity index (χ4v) is 2.53. The van der Waals surface area contributed by atoms with Crippen LogP contribution in [-0.2, 0) is 0 Å². The monoisotopic (exact) mass is 192 g/mol. The quantitative estimate of drug-likeness (QED) is 0.728. The van der Waals surface area contributed by atoms with Crippen LogP contribution in [0, 0.1) is 11.7 Å². The predicted octanol–water partition coefficient (Wildman–Crippen LogP) is 1.71. The lowest BCUT2D eigenvalue weighted by Crippen LogP contribution is -2.35. The molecule has 3 heteroatoms. The maximum Gasteiger partial charge on any atom is 0.128 e. The van der Waals surface area contributed by atoms with Crippen molar-refractivity contribution in [2.75, 3.05) is 13.1 Å². The molecule has 2 saturated heterocycles. The van der Waals surface area contributed by atoms with Gasteiger partial charge in [-0.15, -0.1) is 0 Å². The average Bonchev–Trinajstić information content (AvgIpc) is 2.79. The van der Waals surface area contributed by atoms with Gasteiger partial charge in [0.2, 0.25) is 0 Å². The van der Waals surface area contributed by atoms with Crippen LogP contribution in [0.15, 0.2) is 24.3 Å². The number of hydrogen-bond acceptors (Lipinski definition) is 2. The zero-order valence-corrected chi connectivity index (χ0v) is 7.91. The van der Waals surface area contributed by atoms with Crippen LogP contribution in [0.5, 0.6) is 0 Å². The molecule has 0 radical (unpaired) electrons. The molecule has 3 rings (SSSR count). The van der Waals surface area contributed by atoms with Crippen molar-refractivity contribution < 1.29 is 4.39 Å². The highest BCUT2D eigenvalue weighted by molar-refractivity contribution is 5.23. The lowest BCUT2D eigenvalue weighted by atomic mass is 9.93. The number of hydrogen-bond donors (Lipinski definition) is 1. The van der Waals surface area contributed by atoms with Gasteiger partial charge in [0.15, 0.2) is 0 Å². The molecule has 2 heterocycles. The Morgan fingerprint density at radius 1 is 1.36 bits per heavy atom. The van der Waals surface area contributed by atoms with Crippen LogP contribution in [0.25, 0.3) is 0 Å². The van der Waals surface area contributed by atoms with Gasteiger partial charge in [-0.05, 0) is 18.4 Å². The van der Waals surface area contributed by atoms with Crippen LogP contribution < -0.4 is 5.43 Å². The smallest absolute Gasteiger partial charge is 0.128 e. The molecule has 2 aliphatic heterocycles. The van der Waals surface area contributed by atoms with Crippen LogP contribution in [-0.4, -0.2) is 18.1 Å². The second-order valence-corrected chi connectivity index (χ2v) is 4.12. The lowest BCUT2D eigenvalue weighted by Gasteiger charge is -2.24. The predicted molar refractivity (Wildman–Crippen MR) is 52.0 cm³/mol. The van der Waals surface area contributed by atoms with Crippen LogP contribution >= 0.6 is 0 Å². The first-order valence-corrected chi connectivity index (χ1v) is 5.10. The third-order valence-corrected chi connectivity index (χ3v) is 3.26. The van der Waals surface area contributed by atoms with Crippen molar-refractivity contribution in [2.24, 2.45) is 5.92 Å². The zero-order valence-electron chi connectivity index (χ0n) is 7.91. The first kappa shape index (κ1) is 8.38. The maximum atomic E-state index is 13.5. The van der Waals surface area contributed by atoms with Gasteiger partial charge in [0.25, 0.3) is 0 Å². The highest BCUT2D eigenvalue weighted by Crippen LogP contribution is 2.36. The first-order chi connectivity index (χ1) is 6.84. The Labute approximate surface area is 82.7 Å². The van der Waals surface area contributed by atoms with E-state index in [-0.39, 0.29) is 11.9 Å². The normalized spacial score (nSPS) is 35.1. The average molecular weight is 192 g/mol. The summed E-state index contributed by atoms with van der Waals surface area (Å²) in [6, 6.07) is 7.27. The van der Waals surface area contributed by atoms with E-state index in [1.807, 2.05) is 12.1 Å². The molecule has 2 aliphatic rings.